The van der Waals surface area contributed by atoms with Crippen LogP contribution >= 0.6 is 0 Å². The monoisotopic (exact) mass is 206 g/mol. The summed E-state index contributed by atoms with van der Waals surface area (Å²) in [6.07, 6.45) is 2.75. The van der Waals surface area contributed by atoms with Gasteiger partial charge in [-0.1, -0.05) is 0 Å². The maximum atomic E-state index is 5.55. The Bertz CT molecular complexity index is 363. The number of epoxide rings is 1. The van der Waals surface area contributed by atoms with Crippen molar-refractivity contribution in [2.75, 3.05) is 14.2 Å². The third-order valence-corrected chi connectivity index (χ3v) is 3.28. The van der Waals surface area contributed by atoms with Gasteiger partial charge in [-0.2, -0.15) is 0 Å². The van der Waals surface area contributed by atoms with Crippen LogP contribution < -0.4 is 9.47 Å². The molecular weight excluding hydrogens is 192 g/mol. The van der Waals surface area contributed by atoms with Gasteiger partial charge < -0.3 is 14.2 Å². The van der Waals surface area contributed by atoms with Crippen molar-refractivity contribution in [2.45, 2.75) is 25.0 Å². The summed E-state index contributed by atoms with van der Waals surface area (Å²) >= 11 is 0. The molecule has 1 heterocycles. The van der Waals surface area contributed by atoms with E-state index in [0.29, 0.717) is 12.2 Å². The Morgan fingerprint density at radius 3 is 1.87 bits per heavy atom. The molecule has 1 saturated heterocycles. The van der Waals surface area contributed by atoms with Crippen LogP contribution in [-0.2, 0) is 17.6 Å². The third-order valence-electron chi connectivity index (χ3n) is 3.28. The highest BCUT2D eigenvalue weighted by molar-refractivity contribution is 5.51. The molecule has 0 unspecified atom stereocenters. The van der Waals surface area contributed by atoms with Gasteiger partial charge in [0.25, 0.3) is 0 Å². The fourth-order valence-electron chi connectivity index (χ4n) is 2.42. The van der Waals surface area contributed by atoms with Crippen LogP contribution in [0.2, 0.25) is 0 Å². The molecule has 15 heavy (non-hydrogen) atoms. The van der Waals surface area contributed by atoms with Gasteiger partial charge >= 0.3 is 0 Å². The number of hydrogen-bond donors (Lipinski definition) is 0. The van der Waals surface area contributed by atoms with Crippen LogP contribution in [0.4, 0.5) is 0 Å². The Kier molecular flexibility index (Phi) is 1.89. The van der Waals surface area contributed by atoms with E-state index in [-0.39, 0.29) is 0 Å². The summed E-state index contributed by atoms with van der Waals surface area (Å²) in [5.41, 5.74) is 2.52. The predicted octanol–water partition coefficient (Wildman–Crippen LogP) is 1.57. The van der Waals surface area contributed by atoms with Gasteiger partial charge in [0.1, 0.15) is 11.5 Å². The number of rotatable bonds is 2. The fourth-order valence-corrected chi connectivity index (χ4v) is 2.42. The standard InChI is InChI=1S/C12H14O3/c1-13-9-3-4-10(14-2)8-6-12-11(15-12)5-7(8)9/h3-4,11-12H,5-6H2,1-2H3/t11-,12-/m0/s1. The molecule has 1 aliphatic carbocycles. The van der Waals surface area contributed by atoms with Crippen molar-refractivity contribution in [3.8, 4) is 11.5 Å². The normalized spacial score (nSPS) is 26.5. The van der Waals surface area contributed by atoms with Crippen molar-refractivity contribution in [1.82, 2.24) is 0 Å². The van der Waals surface area contributed by atoms with E-state index in [0.717, 1.165) is 24.3 Å². The minimum atomic E-state index is 0.415. The zero-order valence-corrected chi connectivity index (χ0v) is 8.95. The fraction of sp³-hybridized carbons (Fsp3) is 0.500. The van der Waals surface area contributed by atoms with Gasteiger partial charge in [-0.25, -0.2) is 0 Å². The molecule has 0 spiro atoms. The number of ether oxygens (including phenoxy) is 3. The molecule has 0 aromatic heterocycles. The number of fused-ring (bicyclic) bond motifs is 2. The molecule has 0 radical (unpaired) electrons. The second kappa shape index (κ2) is 3.14. The van der Waals surface area contributed by atoms with Crippen LogP contribution in [0.25, 0.3) is 0 Å². The largest absolute Gasteiger partial charge is 0.496 e. The molecule has 0 saturated carbocycles. The highest BCUT2D eigenvalue weighted by Crippen LogP contribution is 2.43. The minimum Gasteiger partial charge on any atom is -0.496 e. The quantitative estimate of drug-likeness (QED) is 0.688. The van der Waals surface area contributed by atoms with Gasteiger partial charge in [-0.3, -0.25) is 0 Å². The van der Waals surface area contributed by atoms with Crippen LogP contribution in [0, 0.1) is 0 Å². The first-order valence-corrected chi connectivity index (χ1v) is 5.21. The predicted molar refractivity (Wildman–Crippen MR) is 55.6 cm³/mol. The van der Waals surface area contributed by atoms with Crippen molar-refractivity contribution < 1.29 is 14.2 Å². The van der Waals surface area contributed by atoms with Crippen LogP contribution in [0.3, 0.4) is 0 Å². The number of methoxy groups -OCH3 is 2. The maximum Gasteiger partial charge on any atom is 0.122 e. The van der Waals surface area contributed by atoms with Crippen LogP contribution in [0.5, 0.6) is 11.5 Å². The first-order valence-electron chi connectivity index (χ1n) is 5.21. The van der Waals surface area contributed by atoms with Crippen LogP contribution in [0.15, 0.2) is 12.1 Å². The second-order valence-corrected chi connectivity index (χ2v) is 4.05. The topological polar surface area (TPSA) is 31.0 Å². The van der Waals surface area contributed by atoms with E-state index in [1.165, 1.54) is 11.1 Å². The molecule has 0 bridgehead atoms. The summed E-state index contributed by atoms with van der Waals surface area (Å²) in [6, 6.07) is 3.95. The maximum absolute atomic E-state index is 5.55. The average molecular weight is 206 g/mol. The lowest BCUT2D eigenvalue weighted by Gasteiger charge is -2.18. The highest BCUT2D eigenvalue weighted by atomic mass is 16.6. The van der Waals surface area contributed by atoms with Crippen molar-refractivity contribution in [3.05, 3.63) is 23.3 Å². The first kappa shape index (κ1) is 9.04. The van der Waals surface area contributed by atoms with Crippen molar-refractivity contribution in [3.63, 3.8) is 0 Å². The zero-order valence-electron chi connectivity index (χ0n) is 8.95. The molecule has 3 nitrogen and oxygen atoms in total. The second-order valence-electron chi connectivity index (χ2n) is 4.05. The van der Waals surface area contributed by atoms with Gasteiger partial charge in [0, 0.05) is 24.0 Å². The Hall–Kier alpha value is -1.22. The summed E-state index contributed by atoms with van der Waals surface area (Å²) in [5.74, 6) is 1.92. The molecule has 1 fully saturated rings. The van der Waals surface area contributed by atoms with E-state index in [1.807, 2.05) is 12.1 Å². The number of benzene rings is 1. The van der Waals surface area contributed by atoms with E-state index in [1.54, 1.807) is 14.2 Å². The Balaban J connectivity index is 2.10. The van der Waals surface area contributed by atoms with Crippen molar-refractivity contribution in [2.24, 2.45) is 0 Å². The van der Waals surface area contributed by atoms with Crippen molar-refractivity contribution >= 4 is 0 Å². The Morgan fingerprint density at radius 2 is 1.47 bits per heavy atom. The van der Waals surface area contributed by atoms with E-state index >= 15 is 0 Å². The molecule has 1 aromatic carbocycles. The van der Waals surface area contributed by atoms with Gasteiger partial charge in [0.15, 0.2) is 0 Å². The van der Waals surface area contributed by atoms with Crippen LogP contribution in [0.1, 0.15) is 11.1 Å². The van der Waals surface area contributed by atoms with E-state index in [2.05, 4.69) is 0 Å². The lowest BCUT2D eigenvalue weighted by atomic mass is 9.90. The lowest BCUT2D eigenvalue weighted by Crippen LogP contribution is -2.14. The molecule has 1 aromatic rings. The average Bonchev–Trinajstić information content (AvgIpc) is 3.02. The molecule has 3 rings (SSSR count). The Labute approximate surface area is 89.0 Å². The Morgan fingerprint density at radius 1 is 1.00 bits per heavy atom. The van der Waals surface area contributed by atoms with Gasteiger partial charge in [-0.15, -0.1) is 0 Å². The third kappa shape index (κ3) is 1.30. The molecule has 2 atom stereocenters. The first-order chi connectivity index (χ1) is 7.33. The molecular formula is C12H14O3. The molecule has 0 amide bonds. The summed E-state index contributed by atoms with van der Waals surface area (Å²) in [4.78, 5) is 0. The number of hydrogen-bond acceptors (Lipinski definition) is 3. The lowest BCUT2D eigenvalue weighted by molar-refractivity contribution is 0.371. The zero-order chi connectivity index (χ0) is 10.4. The van der Waals surface area contributed by atoms with E-state index in [4.69, 9.17) is 14.2 Å². The summed E-state index contributed by atoms with van der Waals surface area (Å²) in [6.45, 7) is 0. The molecule has 3 heteroatoms. The van der Waals surface area contributed by atoms with E-state index < -0.39 is 0 Å². The van der Waals surface area contributed by atoms with Crippen molar-refractivity contribution in [1.29, 1.82) is 0 Å². The smallest absolute Gasteiger partial charge is 0.122 e. The van der Waals surface area contributed by atoms with Gasteiger partial charge in [-0.05, 0) is 12.1 Å². The molecule has 0 N–H and O–H groups in total. The molecule has 1 aliphatic heterocycles. The summed E-state index contributed by atoms with van der Waals surface area (Å²) < 4.78 is 16.3. The van der Waals surface area contributed by atoms with Gasteiger partial charge in [0.2, 0.25) is 0 Å². The summed E-state index contributed by atoms with van der Waals surface area (Å²) in [5, 5.41) is 0. The summed E-state index contributed by atoms with van der Waals surface area (Å²) in [7, 11) is 3.42. The molecule has 80 valence electrons. The molecule has 2 aliphatic rings. The van der Waals surface area contributed by atoms with Crippen LogP contribution in [-0.4, -0.2) is 26.4 Å². The minimum absolute atomic E-state index is 0.415. The SMILES string of the molecule is COc1ccc(OC)c2c1C[C@@H]1O[C@H]1C2. The highest BCUT2D eigenvalue weighted by Gasteiger charge is 2.44. The van der Waals surface area contributed by atoms with Gasteiger partial charge in [0.05, 0.1) is 26.4 Å². The van der Waals surface area contributed by atoms with E-state index in [9.17, 15) is 0 Å².